The van der Waals surface area contributed by atoms with Crippen molar-refractivity contribution in [2.45, 2.75) is 26.4 Å². The van der Waals surface area contributed by atoms with Gasteiger partial charge in [0, 0.05) is 12.2 Å². The Morgan fingerprint density at radius 1 is 1.38 bits per heavy atom. The SMILES string of the molecule is C=CCNc1ccccc1CC(=O)OC(C)C(=O)OCC. The Balaban J connectivity index is 2.62. The smallest absolute Gasteiger partial charge is 0.347 e. The number of rotatable bonds is 8. The van der Waals surface area contributed by atoms with Crippen LogP contribution in [0.3, 0.4) is 0 Å². The maximum Gasteiger partial charge on any atom is 0.347 e. The lowest BCUT2D eigenvalue weighted by atomic mass is 10.1. The second-order valence-corrected chi connectivity index (χ2v) is 4.39. The highest BCUT2D eigenvalue weighted by molar-refractivity contribution is 5.81. The minimum Gasteiger partial charge on any atom is -0.463 e. The van der Waals surface area contributed by atoms with Crippen LogP contribution in [0.15, 0.2) is 36.9 Å². The molecule has 0 aromatic heterocycles. The van der Waals surface area contributed by atoms with E-state index >= 15 is 0 Å². The number of anilines is 1. The highest BCUT2D eigenvalue weighted by Crippen LogP contribution is 2.16. The minimum atomic E-state index is -0.897. The molecule has 1 atom stereocenters. The molecular formula is C16H21NO4. The second kappa shape index (κ2) is 8.79. The summed E-state index contributed by atoms with van der Waals surface area (Å²) < 4.78 is 9.86. The Hall–Kier alpha value is -2.30. The molecule has 0 aliphatic rings. The molecule has 0 saturated carbocycles. The molecule has 1 aromatic carbocycles. The molecule has 0 heterocycles. The molecule has 0 radical (unpaired) electrons. The number of carbonyl (C=O) groups is 2. The van der Waals surface area contributed by atoms with Crippen LogP contribution >= 0.6 is 0 Å². The molecule has 5 nitrogen and oxygen atoms in total. The third-order valence-corrected chi connectivity index (χ3v) is 2.72. The average Bonchev–Trinajstić information content (AvgIpc) is 2.46. The molecule has 1 N–H and O–H groups in total. The molecule has 1 unspecified atom stereocenters. The van der Waals surface area contributed by atoms with Gasteiger partial charge in [-0.15, -0.1) is 6.58 Å². The van der Waals surface area contributed by atoms with Crippen LogP contribution in [-0.2, 0) is 25.5 Å². The molecule has 5 heteroatoms. The molecule has 0 spiro atoms. The zero-order chi connectivity index (χ0) is 15.7. The summed E-state index contributed by atoms with van der Waals surface area (Å²) in [5.41, 5.74) is 1.65. The number of benzene rings is 1. The quantitative estimate of drug-likeness (QED) is 0.588. The predicted octanol–water partition coefficient (Wildman–Crippen LogP) is 2.32. The van der Waals surface area contributed by atoms with E-state index in [0.29, 0.717) is 6.54 Å². The highest BCUT2D eigenvalue weighted by atomic mass is 16.6. The molecule has 0 amide bonds. The third-order valence-electron chi connectivity index (χ3n) is 2.72. The summed E-state index contributed by atoms with van der Waals surface area (Å²) in [6, 6.07) is 7.43. The summed E-state index contributed by atoms with van der Waals surface area (Å²) in [6.07, 6.45) is 0.924. The normalized spacial score (nSPS) is 11.3. The van der Waals surface area contributed by atoms with Gasteiger partial charge in [0.25, 0.3) is 0 Å². The first-order valence-corrected chi connectivity index (χ1v) is 6.87. The number of para-hydroxylation sites is 1. The standard InChI is InChI=1S/C16H21NO4/c1-4-10-17-14-9-7-6-8-13(14)11-15(18)21-12(3)16(19)20-5-2/h4,6-9,12,17H,1,5,10-11H2,2-3H3. The van der Waals surface area contributed by atoms with Crippen molar-refractivity contribution in [1.82, 2.24) is 0 Å². The van der Waals surface area contributed by atoms with Gasteiger partial charge in [-0.1, -0.05) is 24.3 Å². The van der Waals surface area contributed by atoms with E-state index in [9.17, 15) is 9.59 Å². The molecule has 1 rings (SSSR count). The lowest BCUT2D eigenvalue weighted by molar-refractivity contribution is -0.165. The van der Waals surface area contributed by atoms with E-state index in [-0.39, 0.29) is 13.0 Å². The van der Waals surface area contributed by atoms with Gasteiger partial charge in [-0.3, -0.25) is 4.79 Å². The summed E-state index contributed by atoms with van der Waals surface area (Å²) in [5.74, 6) is -1.01. The first-order valence-electron chi connectivity index (χ1n) is 6.87. The molecule has 0 saturated heterocycles. The van der Waals surface area contributed by atoms with Crippen molar-refractivity contribution in [3.63, 3.8) is 0 Å². The van der Waals surface area contributed by atoms with Gasteiger partial charge in [-0.05, 0) is 25.5 Å². The molecular weight excluding hydrogens is 270 g/mol. The molecule has 1 aromatic rings. The number of hydrogen-bond donors (Lipinski definition) is 1. The van der Waals surface area contributed by atoms with Crippen LogP contribution in [0.2, 0.25) is 0 Å². The Labute approximate surface area is 124 Å². The zero-order valence-corrected chi connectivity index (χ0v) is 12.4. The van der Waals surface area contributed by atoms with Crippen molar-refractivity contribution in [3.8, 4) is 0 Å². The lowest BCUT2D eigenvalue weighted by Crippen LogP contribution is -2.27. The van der Waals surface area contributed by atoms with Crippen molar-refractivity contribution >= 4 is 17.6 Å². The number of ether oxygens (including phenoxy) is 2. The van der Waals surface area contributed by atoms with Crippen molar-refractivity contribution in [3.05, 3.63) is 42.5 Å². The maximum atomic E-state index is 11.9. The third kappa shape index (κ3) is 5.69. The number of hydrogen-bond acceptors (Lipinski definition) is 5. The van der Waals surface area contributed by atoms with Crippen LogP contribution in [0.4, 0.5) is 5.69 Å². The van der Waals surface area contributed by atoms with E-state index < -0.39 is 18.0 Å². The molecule has 21 heavy (non-hydrogen) atoms. The fourth-order valence-corrected chi connectivity index (χ4v) is 1.73. The molecule has 0 fully saturated rings. The van der Waals surface area contributed by atoms with Gasteiger partial charge >= 0.3 is 11.9 Å². The Morgan fingerprint density at radius 2 is 2.10 bits per heavy atom. The Morgan fingerprint density at radius 3 is 2.76 bits per heavy atom. The van der Waals surface area contributed by atoms with E-state index in [1.807, 2.05) is 24.3 Å². The summed E-state index contributed by atoms with van der Waals surface area (Å²) in [6.45, 7) is 7.70. The van der Waals surface area contributed by atoms with Crippen molar-refractivity contribution in [2.75, 3.05) is 18.5 Å². The molecule has 0 aliphatic heterocycles. The summed E-state index contributed by atoms with van der Waals surface area (Å²) in [7, 11) is 0. The average molecular weight is 291 g/mol. The van der Waals surface area contributed by atoms with E-state index in [0.717, 1.165) is 11.3 Å². The van der Waals surface area contributed by atoms with E-state index in [2.05, 4.69) is 11.9 Å². The summed E-state index contributed by atoms with van der Waals surface area (Å²) in [4.78, 5) is 23.3. The van der Waals surface area contributed by atoms with Crippen LogP contribution in [0, 0.1) is 0 Å². The predicted molar refractivity (Wildman–Crippen MR) is 81.0 cm³/mol. The van der Waals surface area contributed by atoms with Crippen molar-refractivity contribution < 1.29 is 19.1 Å². The second-order valence-electron chi connectivity index (χ2n) is 4.39. The number of carbonyl (C=O) groups excluding carboxylic acids is 2. The first-order chi connectivity index (χ1) is 10.1. The topological polar surface area (TPSA) is 64.6 Å². The Kier molecular flexibility index (Phi) is 7.01. The molecule has 114 valence electrons. The number of nitrogens with one attached hydrogen (secondary N) is 1. The number of esters is 2. The van der Waals surface area contributed by atoms with Crippen molar-refractivity contribution in [2.24, 2.45) is 0 Å². The maximum absolute atomic E-state index is 11.9. The van der Waals surface area contributed by atoms with Crippen molar-refractivity contribution in [1.29, 1.82) is 0 Å². The molecule has 0 aliphatic carbocycles. The van der Waals surface area contributed by atoms with Gasteiger partial charge < -0.3 is 14.8 Å². The Bertz CT molecular complexity index is 499. The van der Waals surface area contributed by atoms with E-state index in [4.69, 9.17) is 9.47 Å². The summed E-state index contributed by atoms with van der Waals surface area (Å²) >= 11 is 0. The molecule has 0 bridgehead atoms. The van der Waals surface area contributed by atoms with Crippen LogP contribution in [-0.4, -0.2) is 31.2 Å². The van der Waals surface area contributed by atoms with Crippen LogP contribution < -0.4 is 5.32 Å². The van der Waals surface area contributed by atoms with Crippen LogP contribution in [0.5, 0.6) is 0 Å². The van der Waals surface area contributed by atoms with Gasteiger partial charge in [-0.2, -0.15) is 0 Å². The lowest BCUT2D eigenvalue weighted by Gasteiger charge is -2.13. The first kappa shape index (κ1) is 16.8. The van der Waals surface area contributed by atoms with Crippen LogP contribution in [0.25, 0.3) is 0 Å². The van der Waals surface area contributed by atoms with Gasteiger partial charge in [0.15, 0.2) is 6.10 Å². The highest BCUT2D eigenvalue weighted by Gasteiger charge is 2.19. The van der Waals surface area contributed by atoms with Gasteiger partial charge in [0.05, 0.1) is 13.0 Å². The monoisotopic (exact) mass is 291 g/mol. The van der Waals surface area contributed by atoms with Crippen LogP contribution in [0.1, 0.15) is 19.4 Å². The van der Waals surface area contributed by atoms with E-state index in [1.165, 1.54) is 6.92 Å². The minimum absolute atomic E-state index is 0.0874. The zero-order valence-electron chi connectivity index (χ0n) is 12.4. The largest absolute Gasteiger partial charge is 0.463 e. The fraction of sp³-hybridized carbons (Fsp3) is 0.375. The summed E-state index contributed by atoms with van der Waals surface area (Å²) in [5, 5.41) is 3.15. The van der Waals surface area contributed by atoms with E-state index in [1.54, 1.807) is 13.0 Å². The van der Waals surface area contributed by atoms with Gasteiger partial charge in [-0.25, -0.2) is 4.79 Å². The van der Waals surface area contributed by atoms with Gasteiger partial charge in [0.2, 0.25) is 0 Å². The fourth-order valence-electron chi connectivity index (χ4n) is 1.73. The van der Waals surface area contributed by atoms with Gasteiger partial charge in [0.1, 0.15) is 0 Å².